The van der Waals surface area contributed by atoms with Gasteiger partial charge < -0.3 is 24.3 Å². The lowest BCUT2D eigenvalue weighted by Crippen LogP contribution is -2.34. The first-order chi connectivity index (χ1) is 18.1. The van der Waals surface area contributed by atoms with Crippen LogP contribution in [0.4, 0.5) is 0 Å². The molecule has 2 N–H and O–H groups in total. The molecule has 2 aliphatic rings. The van der Waals surface area contributed by atoms with Crippen molar-refractivity contribution in [2.24, 2.45) is 0 Å². The highest BCUT2D eigenvalue weighted by Gasteiger charge is 2.48. The van der Waals surface area contributed by atoms with E-state index in [2.05, 4.69) is 30.0 Å². The van der Waals surface area contributed by atoms with Crippen molar-refractivity contribution in [3.8, 4) is 34.2 Å². The number of aromatic nitrogens is 7. The predicted molar refractivity (Wildman–Crippen MR) is 132 cm³/mol. The maximum Gasteiger partial charge on any atom is 0.296 e. The van der Waals surface area contributed by atoms with Crippen LogP contribution in [0.3, 0.4) is 0 Å². The summed E-state index contributed by atoms with van der Waals surface area (Å²) in [6, 6.07) is 13.9. The summed E-state index contributed by atoms with van der Waals surface area (Å²) in [6.07, 6.45) is 3.15. The van der Waals surface area contributed by atoms with Crippen LogP contribution in [0.2, 0.25) is 5.02 Å². The Balaban J connectivity index is 1.11. The summed E-state index contributed by atoms with van der Waals surface area (Å²) in [5.74, 6) is 0.693. The minimum absolute atomic E-state index is 0.236. The van der Waals surface area contributed by atoms with Crippen LogP contribution in [-0.4, -0.2) is 77.4 Å². The Morgan fingerprint density at radius 2 is 1.81 bits per heavy atom. The zero-order chi connectivity index (χ0) is 24.9. The van der Waals surface area contributed by atoms with Crippen molar-refractivity contribution in [2.75, 3.05) is 13.2 Å². The minimum atomic E-state index is -0.640. The van der Waals surface area contributed by atoms with Crippen molar-refractivity contribution in [1.29, 1.82) is 0 Å². The van der Waals surface area contributed by atoms with Gasteiger partial charge in [0.1, 0.15) is 31.0 Å². The maximum absolute atomic E-state index is 9.93. The molecule has 2 saturated heterocycles. The number of rotatable bonds is 5. The van der Waals surface area contributed by atoms with Gasteiger partial charge in [0.2, 0.25) is 0 Å². The number of fused-ring (bicyclic) bond motifs is 2. The third-order valence-corrected chi connectivity index (χ3v) is 6.83. The van der Waals surface area contributed by atoms with E-state index >= 15 is 0 Å². The molecule has 0 spiro atoms. The van der Waals surface area contributed by atoms with E-state index in [1.165, 1.54) is 6.33 Å². The van der Waals surface area contributed by atoms with Gasteiger partial charge in [0.15, 0.2) is 17.6 Å². The van der Waals surface area contributed by atoms with Crippen LogP contribution in [0.15, 0.2) is 61.3 Å². The molecule has 0 bridgehead atoms. The second-order valence-electron chi connectivity index (χ2n) is 8.87. The average Bonchev–Trinajstić information content (AvgIpc) is 3.71. The number of nitrogens with one attached hydrogen (secondary N) is 1. The molecule has 7 rings (SSSR count). The average molecular weight is 518 g/mol. The number of ether oxygens (including phenoxy) is 3. The van der Waals surface area contributed by atoms with Gasteiger partial charge in [0.25, 0.3) is 6.01 Å². The highest BCUT2D eigenvalue weighted by atomic mass is 35.5. The normalized spacial score (nSPS) is 23.0. The first-order valence-electron chi connectivity index (χ1n) is 11.7. The summed E-state index contributed by atoms with van der Waals surface area (Å²) < 4.78 is 18.8. The number of aromatic amines is 1. The van der Waals surface area contributed by atoms with Crippen LogP contribution in [-0.2, 0) is 9.47 Å². The van der Waals surface area contributed by atoms with E-state index in [4.69, 9.17) is 25.8 Å². The van der Waals surface area contributed by atoms with Gasteiger partial charge in [-0.2, -0.15) is 10.1 Å². The fraction of sp³-hybridized carbons (Fsp3) is 0.240. The molecule has 5 aromatic rings. The monoisotopic (exact) mass is 517 g/mol. The Hall–Kier alpha value is -3.90. The molecule has 0 saturated carbocycles. The molecule has 4 aromatic heterocycles. The number of hydrogen-bond acceptors (Lipinski definition) is 9. The molecule has 0 aliphatic carbocycles. The molecule has 0 amide bonds. The van der Waals surface area contributed by atoms with E-state index in [1.54, 1.807) is 23.3 Å². The predicted octanol–water partition coefficient (Wildman–Crippen LogP) is 2.83. The molecule has 4 atom stereocenters. The maximum atomic E-state index is 9.93. The molecule has 6 heterocycles. The number of aliphatic hydroxyl groups is 1. The van der Waals surface area contributed by atoms with E-state index in [0.29, 0.717) is 40.3 Å². The lowest BCUT2D eigenvalue weighted by Gasteiger charge is -2.15. The van der Waals surface area contributed by atoms with Crippen LogP contribution in [0.5, 0.6) is 6.01 Å². The lowest BCUT2D eigenvalue weighted by atomic mass is 10.0. The van der Waals surface area contributed by atoms with Crippen molar-refractivity contribution in [1.82, 2.24) is 34.7 Å². The Bertz CT molecular complexity index is 1560. The summed E-state index contributed by atoms with van der Waals surface area (Å²) in [5, 5.41) is 14.5. The summed E-state index contributed by atoms with van der Waals surface area (Å²) >= 11 is 6.59. The van der Waals surface area contributed by atoms with Crippen molar-refractivity contribution >= 4 is 22.8 Å². The van der Waals surface area contributed by atoms with E-state index in [0.717, 1.165) is 16.7 Å². The van der Waals surface area contributed by atoms with Crippen LogP contribution >= 0.6 is 11.6 Å². The standard InChI is InChI=1S/C25H20ClN7O4/c26-16-7-17-24(32-25(30-17)37-19-10-36-22-18(34)9-35-23(19)22)31-21(16)14-3-1-13(2-4-14)15-5-6-20(28-8-15)33-12-27-11-29-33/h1-8,11-12,18-19,22-23,34H,9-10H2,(H,30,31,32)/t18-,19-,22-,23-/m1/s1. The Morgan fingerprint density at radius 3 is 2.59 bits per heavy atom. The Labute approximate surface area is 215 Å². The number of nitrogens with zero attached hydrogens (tertiary/aromatic N) is 6. The zero-order valence-electron chi connectivity index (χ0n) is 19.2. The van der Waals surface area contributed by atoms with E-state index in [1.807, 2.05) is 36.4 Å². The fourth-order valence-corrected chi connectivity index (χ4v) is 4.94. The van der Waals surface area contributed by atoms with Crippen molar-refractivity contribution in [2.45, 2.75) is 24.4 Å². The number of pyridine rings is 2. The summed E-state index contributed by atoms with van der Waals surface area (Å²) in [5.41, 5.74) is 4.58. The fourth-order valence-electron chi connectivity index (χ4n) is 4.68. The zero-order valence-corrected chi connectivity index (χ0v) is 20.0. The minimum Gasteiger partial charge on any atom is -0.456 e. The second kappa shape index (κ2) is 8.89. The second-order valence-corrected chi connectivity index (χ2v) is 9.28. The third-order valence-electron chi connectivity index (χ3n) is 6.54. The van der Waals surface area contributed by atoms with Gasteiger partial charge >= 0.3 is 0 Å². The molecular weight excluding hydrogens is 498 g/mol. The number of hydrogen-bond donors (Lipinski definition) is 2. The highest BCUT2D eigenvalue weighted by Crippen LogP contribution is 2.33. The summed E-state index contributed by atoms with van der Waals surface area (Å²) in [4.78, 5) is 20.7. The largest absolute Gasteiger partial charge is 0.456 e. The highest BCUT2D eigenvalue weighted by molar-refractivity contribution is 6.33. The van der Waals surface area contributed by atoms with Crippen molar-refractivity contribution < 1.29 is 19.3 Å². The van der Waals surface area contributed by atoms with Crippen LogP contribution in [0, 0.1) is 0 Å². The number of halogens is 1. The van der Waals surface area contributed by atoms with Crippen molar-refractivity contribution in [3.63, 3.8) is 0 Å². The molecular formula is C25H20ClN7O4. The number of H-pyrrole nitrogens is 1. The molecule has 2 aliphatic heterocycles. The SMILES string of the molecule is O[C@@H]1CO[C@H]2[C@@H]1OC[C@H]2Oc1nc2nc(-c3ccc(-c4ccc(-n5cncn5)nc4)cc3)c(Cl)cc2[nH]1. The molecule has 11 nitrogen and oxygen atoms in total. The quantitative estimate of drug-likeness (QED) is 0.361. The van der Waals surface area contributed by atoms with Gasteiger partial charge in [-0.15, -0.1) is 0 Å². The smallest absolute Gasteiger partial charge is 0.296 e. The van der Waals surface area contributed by atoms with Gasteiger partial charge in [-0.05, 0) is 23.8 Å². The summed E-state index contributed by atoms with van der Waals surface area (Å²) in [7, 11) is 0. The van der Waals surface area contributed by atoms with E-state index in [-0.39, 0.29) is 24.9 Å². The topological polar surface area (TPSA) is 133 Å². The van der Waals surface area contributed by atoms with Gasteiger partial charge in [0.05, 0.1) is 29.4 Å². The first kappa shape index (κ1) is 22.3. The molecule has 1 aromatic carbocycles. The molecule has 37 heavy (non-hydrogen) atoms. The molecule has 12 heteroatoms. The first-order valence-corrected chi connectivity index (χ1v) is 12.1. The molecule has 0 radical (unpaired) electrons. The van der Waals surface area contributed by atoms with E-state index in [9.17, 15) is 5.11 Å². The van der Waals surface area contributed by atoms with E-state index < -0.39 is 6.10 Å². The van der Waals surface area contributed by atoms with Crippen LogP contribution in [0.25, 0.3) is 39.4 Å². The molecule has 0 unspecified atom stereocenters. The third kappa shape index (κ3) is 4.02. The van der Waals surface area contributed by atoms with Crippen LogP contribution < -0.4 is 4.74 Å². The number of benzene rings is 1. The number of aliphatic hydroxyl groups excluding tert-OH is 1. The Kier molecular flexibility index (Phi) is 5.36. The lowest BCUT2D eigenvalue weighted by molar-refractivity contribution is 0.00706. The van der Waals surface area contributed by atoms with Gasteiger partial charge in [-0.1, -0.05) is 35.9 Å². The molecule has 2 fully saturated rings. The summed E-state index contributed by atoms with van der Waals surface area (Å²) in [6.45, 7) is 0.549. The van der Waals surface area contributed by atoms with Gasteiger partial charge in [-0.3, -0.25) is 0 Å². The van der Waals surface area contributed by atoms with Crippen molar-refractivity contribution in [3.05, 3.63) is 66.3 Å². The van der Waals surface area contributed by atoms with Gasteiger partial charge in [0, 0.05) is 17.3 Å². The number of imidazole rings is 1. The Morgan fingerprint density at radius 1 is 1.00 bits per heavy atom. The van der Waals surface area contributed by atoms with Crippen LogP contribution in [0.1, 0.15) is 0 Å². The van der Waals surface area contributed by atoms with Gasteiger partial charge in [-0.25, -0.2) is 19.6 Å². The molecule has 186 valence electrons.